The maximum atomic E-state index is 10.5. The summed E-state index contributed by atoms with van der Waals surface area (Å²) >= 11 is 1.26. The number of rotatable bonds is 11. The number of hydrogen-bond acceptors (Lipinski definition) is 5. The van der Waals surface area contributed by atoms with E-state index in [-0.39, 0.29) is 11.3 Å². The average molecular weight is 410 g/mol. The normalized spacial score (nSPS) is 12.0. The molecule has 0 fully saturated rings. The number of aliphatic hydroxyl groups excluding tert-OH is 1. The van der Waals surface area contributed by atoms with Crippen LogP contribution in [0.3, 0.4) is 0 Å². The lowest BCUT2D eigenvalue weighted by Crippen LogP contribution is -3.12. The van der Waals surface area contributed by atoms with Crippen LogP contribution in [0.4, 0.5) is 0 Å². The first-order valence-corrected chi connectivity index (χ1v) is 11.3. The van der Waals surface area contributed by atoms with E-state index in [2.05, 4.69) is 20.8 Å². The lowest BCUT2D eigenvalue weighted by atomic mass is 10.1. The van der Waals surface area contributed by atoms with Crippen LogP contribution in [0.1, 0.15) is 71.0 Å². The average Bonchev–Trinajstić information content (AvgIpc) is 3.18. The molecule has 1 heterocycles. The third-order valence-electron chi connectivity index (χ3n) is 4.79. The smallest absolute Gasteiger partial charge is 0.124 e. The Balaban J connectivity index is 0.000000284. The minimum atomic E-state index is -1.66. The first-order valence-electron chi connectivity index (χ1n) is 10.4. The molecular weight excluding hydrogens is 374 g/mol. The summed E-state index contributed by atoms with van der Waals surface area (Å²) in [7, 11) is 0. The van der Waals surface area contributed by atoms with Gasteiger partial charge in [0.1, 0.15) is 11.9 Å². The summed E-state index contributed by atoms with van der Waals surface area (Å²) in [5.74, 6) is -1.48. The summed E-state index contributed by atoms with van der Waals surface area (Å²) in [6.45, 7) is 11.1. The molecule has 1 aromatic heterocycles. The summed E-state index contributed by atoms with van der Waals surface area (Å²) < 4.78 is 0.562. The number of nitrogens with one attached hydrogen (secondary N) is 1. The number of quaternary nitrogens is 1. The summed E-state index contributed by atoms with van der Waals surface area (Å²) in [6.07, 6.45) is 6.60. The van der Waals surface area contributed by atoms with Gasteiger partial charge in [-0.3, -0.25) is 0 Å². The lowest BCUT2D eigenvalue weighted by Gasteiger charge is -2.18. The van der Waals surface area contributed by atoms with Crippen molar-refractivity contribution in [2.24, 2.45) is 0 Å². The summed E-state index contributed by atoms with van der Waals surface area (Å²) in [6, 6.07) is 4.41. The molecule has 1 atom stereocenters. The topological polar surface area (TPSA) is 85.0 Å². The molecule has 5 nitrogen and oxygen atoms in total. The molecule has 0 aliphatic rings. The van der Waals surface area contributed by atoms with Crippen molar-refractivity contribution in [3.8, 4) is 5.75 Å². The standard InChI is InChI=1S/C12H27N.C10H8O4S/c1-4-7-10-13(11-8-5-2)12-9-6-3;11-7-2-1-6(8(12)10(13)14)9-5(7)3-4-15-9/h4-12H2,1-3H3;1-4,8,11-12H,(H,13,14). The van der Waals surface area contributed by atoms with Crippen molar-refractivity contribution in [1.29, 1.82) is 0 Å². The van der Waals surface area contributed by atoms with Crippen LogP contribution < -0.4 is 10.0 Å². The second-order valence-corrected chi connectivity index (χ2v) is 8.04. The highest BCUT2D eigenvalue weighted by atomic mass is 32.1. The van der Waals surface area contributed by atoms with Crippen molar-refractivity contribution >= 4 is 27.4 Å². The number of carboxylic acid groups (broad SMARTS) is 1. The van der Waals surface area contributed by atoms with Gasteiger partial charge in [-0.15, -0.1) is 11.3 Å². The predicted octanol–water partition coefficient (Wildman–Crippen LogP) is 2.66. The van der Waals surface area contributed by atoms with Crippen molar-refractivity contribution in [2.45, 2.75) is 65.4 Å². The van der Waals surface area contributed by atoms with Gasteiger partial charge < -0.3 is 25.0 Å². The third-order valence-corrected chi connectivity index (χ3v) is 5.76. The molecular formula is C22H35NO4S. The molecule has 158 valence electrons. The van der Waals surface area contributed by atoms with Crippen LogP contribution in [0.15, 0.2) is 23.6 Å². The predicted molar refractivity (Wildman–Crippen MR) is 114 cm³/mol. The number of thiophene rings is 1. The second kappa shape index (κ2) is 13.5. The van der Waals surface area contributed by atoms with E-state index >= 15 is 0 Å². The molecule has 0 saturated heterocycles. The minimum absolute atomic E-state index is 0.0700. The molecule has 0 aliphatic carbocycles. The van der Waals surface area contributed by atoms with E-state index in [4.69, 9.17) is 0 Å². The second-order valence-electron chi connectivity index (χ2n) is 7.12. The summed E-state index contributed by atoms with van der Waals surface area (Å²) in [5, 5.41) is 31.6. The molecule has 2 rings (SSSR count). The van der Waals surface area contributed by atoms with Crippen LogP contribution >= 0.6 is 11.3 Å². The zero-order valence-corrected chi connectivity index (χ0v) is 18.2. The number of carbonyl (C=O) groups excluding carboxylic acids is 1. The van der Waals surface area contributed by atoms with Crippen molar-refractivity contribution < 1.29 is 25.0 Å². The Morgan fingerprint density at radius 3 is 2.04 bits per heavy atom. The van der Waals surface area contributed by atoms with Gasteiger partial charge in [0, 0.05) is 15.6 Å². The van der Waals surface area contributed by atoms with Gasteiger partial charge in [-0.1, -0.05) is 46.1 Å². The fourth-order valence-corrected chi connectivity index (χ4v) is 4.02. The lowest BCUT2D eigenvalue weighted by molar-refractivity contribution is -0.900. The number of aliphatic hydroxyl groups is 1. The Labute approximate surface area is 172 Å². The van der Waals surface area contributed by atoms with Gasteiger partial charge in [0.05, 0.1) is 25.6 Å². The summed E-state index contributed by atoms with van der Waals surface area (Å²) in [5.41, 5.74) is 0.248. The largest absolute Gasteiger partial charge is 0.547 e. The molecule has 3 N–H and O–H groups in total. The van der Waals surface area contributed by atoms with E-state index in [1.165, 1.54) is 81.6 Å². The zero-order chi connectivity index (χ0) is 20.9. The number of carboxylic acids is 1. The number of unbranched alkanes of at least 4 members (excludes halogenated alkanes) is 3. The summed E-state index contributed by atoms with van der Waals surface area (Å²) in [4.78, 5) is 12.4. The van der Waals surface area contributed by atoms with Gasteiger partial charge in [-0.05, 0) is 36.8 Å². The van der Waals surface area contributed by atoms with Crippen molar-refractivity contribution in [3.63, 3.8) is 0 Å². The van der Waals surface area contributed by atoms with Crippen molar-refractivity contribution in [2.75, 3.05) is 19.6 Å². The molecule has 6 heteroatoms. The number of phenols is 1. The van der Waals surface area contributed by atoms with Crippen LogP contribution in [-0.2, 0) is 4.79 Å². The van der Waals surface area contributed by atoms with E-state index in [1.807, 2.05) is 4.90 Å². The number of aliphatic carboxylic acids is 1. The van der Waals surface area contributed by atoms with Gasteiger partial charge in [-0.25, -0.2) is 0 Å². The Bertz CT molecular complexity index is 682. The van der Waals surface area contributed by atoms with Crippen LogP contribution in [0.2, 0.25) is 0 Å². The van der Waals surface area contributed by atoms with Gasteiger partial charge in [-0.2, -0.15) is 0 Å². The molecule has 0 radical (unpaired) electrons. The Kier molecular flexibility index (Phi) is 11.8. The van der Waals surface area contributed by atoms with E-state index in [0.717, 1.165) is 0 Å². The monoisotopic (exact) mass is 409 g/mol. The number of hydrogen-bond donors (Lipinski definition) is 3. The molecule has 0 bridgehead atoms. The number of carbonyl (C=O) groups is 1. The Morgan fingerprint density at radius 1 is 1.04 bits per heavy atom. The molecule has 1 unspecified atom stereocenters. The number of phenolic OH excluding ortho intramolecular Hbond substituents is 1. The Morgan fingerprint density at radius 2 is 1.57 bits per heavy atom. The third kappa shape index (κ3) is 7.78. The SMILES string of the molecule is CCCC[NH+](CCCC)CCCC.O=C([O-])C(O)c1ccc(O)c2ccsc12. The van der Waals surface area contributed by atoms with Gasteiger partial charge >= 0.3 is 0 Å². The quantitative estimate of drug-likeness (QED) is 0.533. The van der Waals surface area contributed by atoms with Crippen molar-refractivity contribution in [1.82, 2.24) is 0 Å². The molecule has 0 spiro atoms. The maximum Gasteiger partial charge on any atom is 0.124 e. The zero-order valence-electron chi connectivity index (χ0n) is 17.4. The first-order chi connectivity index (χ1) is 13.5. The Hall–Kier alpha value is -1.63. The molecule has 0 saturated carbocycles. The van der Waals surface area contributed by atoms with Crippen LogP contribution in [0, 0.1) is 0 Å². The van der Waals surface area contributed by atoms with E-state index in [9.17, 15) is 20.1 Å². The van der Waals surface area contributed by atoms with Crippen LogP contribution in [0.25, 0.3) is 10.1 Å². The highest BCUT2D eigenvalue weighted by molar-refractivity contribution is 7.17. The van der Waals surface area contributed by atoms with E-state index in [1.54, 1.807) is 11.4 Å². The fraction of sp³-hybridized carbons (Fsp3) is 0.591. The number of benzene rings is 1. The highest BCUT2D eigenvalue weighted by Crippen LogP contribution is 2.34. The number of aromatic hydroxyl groups is 1. The minimum Gasteiger partial charge on any atom is -0.547 e. The first kappa shape index (κ1) is 24.4. The molecule has 0 amide bonds. The fourth-order valence-electron chi connectivity index (χ4n) is 3.07. The van der Waals surface area contributed by atoms with Crippen molar-refractivity contribution in [3.05, 3.63) is 29.1 Å². The van der Waals surface area contributed by atoms with Gasteiger partial charge in [0.2, 0.25) is 0 Å². The highest BCUT2D eigenvalue weighted by Gasteiger charge is 2.14. The van der Waals surface area contributed by atoms with E-state index in [0.29, 0.717) is 10.1 Å². The maximum absolute atomic E-state index is 10.5. The molecule has 28 heavy (non-hydrogen) atoms. The van der Waals surface area contributed by atoms with E-state index < -0.39 is 12.1 Å². The molecule has 1 aromatic carbocycles. The van der Waals surface area contributed by atoms with Gasteiger partial charge in [0.25, 0.3) is 0 Å². The molecule has 2 aromatic rings. The molecule has 0 aliphatic heterocycles. The van der Waals surface area contributed by atoms with Crippen LogP contribution in [-0.4, -0.2) is 35.8 Å². The van der Waals surface area contributed by atoms with Gasteiger partial charge in [0.15, 0.2) is 0 Å². The van der Waals surface area contributed by atoms with Crippen LogP contribution in [0.5, 0.6) is 5.75 Å². The number of fused-ring (bicyclic) bond motifs is 1.